The van der Waals surface area contributed by atoms with Crippen LogP contribution in [0, 0.1) is 5.92 Å². The molecule has 0 spiro atoms. The van der Waals surface area contributed by atoms with Crippen LogP contribution in [0.3, 0.4) is 0 Å². The zero-order valence-corrected chi connectivity index (χ0v) is 12.7. The molecule has 19 heavy (non-hydrogen) atoms. The summed E-state index contributed by atoms with van der Waals surface area (Å²) in [5.41, 5.74) is 5.47. The van der Waals surface area contributed by atoms with Crippen LogP contribution >= 0.6 is 0 Å². The van der Waals surface area contributed by atoms with Crippen LogP contribution in [0.5, 0.6) is 0 Å². The fourth-order valence-electron chi connectivity index (χ4n) is 2.55. The van der Waals surface area contributed by atoms with E-state index in [0.717, 1.165) is 32.1 Å². The van der Waals surface area contributed by atoms with Crippen molar-refractivity contribution in [2.24, 2.45) is 11.7 Å². The Morgan fingerprint density at radius 3 is 2.00 bits per heavy atom. The van der Waals surface area contributed by atoms with Gasteiger partial charge in [-0.15, -0.1) is 0 Å². The molecule has 0 radical (unpaired) electrons. The monoisotopic (exact) mass is 270 g/mol. The molecule has 0 aromatic rings. The van der Waals surface area contributed by atoms with Crippen molar-refractivity contribution in [3.05, 3.63) is 0 Å². The predicted octanol–water partition coefficient (Wildman–Crippen LogP) is 3.01. The number of hydrogen-bond acceptors (Lipinski definition) is 3. The van der Waals surface area contributed by atoms with Crippen LogP contribution in [0.15, 0.2) is 0 Å². The molecule has 0 aromatic carbocycles. The molecule has 0 fully saturated rings. The molecular formula is C16H32NO2-. The molecule has 0 aliphatic rings. The third-order valence-corrected chi connectivity index (χ3v) is 3.74. The second-order valence-corrected chi connectivity index (χ2v) is 5.64. The molecule has 0 saturated heterocycles. The van der Waals surface area contributed by atoms with Crippen LogP contribution in [-0.2, 0) is 4.79 Å². The Balaban J connectivity index is 3.58. The van der Waals surface area contributed by atoms with Gasteiger partial charge in [0.2, 0.25) is 0 Å². The lowest BCUT2D eigenvalue weighted by atomic mass is 9.92. The Morgan fingerprint density at radius 2 is 1.47 bits per heavy atom. The molecule has 0 aliphatic heterocycles. The van der Waals surface area contributed by atoms with Gasteiger partial charge in [0.15, 0.2) is 0 Å². The zero-order valence-electron chi connectivity index (χ0n) is 12.7. The Hall–Kier alpha value is -0.570. The number of carbonyl (C=O) groups is 1. The number of carbonyl (C=O) groups excluding carboxylic acids is 1. The Bertz CT molecular complexity index is 207. The molecule has 114 valence electrons. The molecule has 2 N–H and O–H groups in total. The highest BCUT2D eigenvalue weighted by atomic mass is 16.4. The lowest BCUT2D eigenvalue weighted by Gasteiger charge is -2.17. The van der Waals surface area contributed by atoms with Crippen LogP contribution in [-0.4, -0.2) is 12.5 Å². The summed E-state index contributed by atoms with van der Waals surface area (Å²) in [7, 11) is 0. The quantitative estimate of drug-likeness (QED) is 0.493. The van der Waals surface area contributed by atoms with Gasteiger partial charge >= 0.3 is 0 Å². The van der Waals surface area contributed by atoms with Crippen molar-refractivity contribution in [2.75, 3.05) is 6.54 Å². The largest absolute Gasteiger partial charge is 0.550 e. The van der Waals surface area contributed by atoms with E-state index >= 15 is 0 Å². The molecule has 0 amide bonds. The molecule has 0 rings (SSSR count). The van der Waals surface area contributed by atoms with Crippen molar-refractivity contribution < 1.29 is 9.90 Å². The van der Waals surface area contributed by atoms with Gasteiger partial charge in [-0.2, -0.15) is 0 Å². The lowest BCUT2D eigenvalue weighted by Crippen LogP contribution is -2.25. The van der Waals surface area contributed by atoms with Crippen molar-refractivity contribution >= 4 is 5.97 Å². The fraction of sp³-hybridized carbons (Fsp3) is 0.938. The van der Waals surface area contributed by atoms with E-state index in [0.29, 0.717) is 12.5 Å². The summed E-state index contributed by atoms with van der Waals surface area (Å²) in [6.45, 7) is 2.93. The molecule has 0 bridgehead atoms. The number of hydrogen-bond donors (Lipinski definition) is 1. The van der Waals surface area contributed by atoms with Crippen molar-refractivity contribution in [2.45, 2.75) is 84.0 Å². The number of nitrogens with two attached hydrogens (primary N) is 1. The Labute approximate surface area is 119 Å². The summed E-state index contributed by atoms with van der Waals surface area (Å²) in [6.07, 6.45) is 13.3. The first-order valence-electron chi connectivity index (χ1n) is 8.10. The topological polar surface area (TPSA) is 66.2 Å². The van der Waals surface area contributed by atoms with E-state index in [1.54, 1.807) is 0 Å². The minimum absolute atomic E-state index is 0.223. The van der Waals surface area contributed by atoms with Crippen molar-refractivity contribution in [3.8, 4) is 0 Å². The van der Waals surface area contributed by atoms with Crippen molar-refractivity contribution in [3.63, 3.8) is 0 Å². The molecule has 1 atom stereocenters. The number of rotatable bonds is 14. The highest BCUT2D eigenvalue weighted by Crippen LogP contribution is 2.20. The van der Waals surface area contributed by atoms with Crippen LogP contribution in [0.2, 0.25) is 0 Å². The first-order chi connectivity index (χ1) is 9.20. The molecule has 0 heterocycles. The SMILES string of the molecule is CCCCCCCCCC(CCCCN)CC(=O)[O-]. The highest BCUT2D eigenvalue weighted by molar-refractivity contribution is 5.64. The van der Waals surface area contributed by atoms with E-state index in [9.17, 15) is 9.90 Å². The van der Waals surface area contributed by atoms with Crippen LogP contribution in [0.1, 0.15) is 84.0 Å². The van der Waals surface area contributed by atoms with Gasteiger partial charge in [-0.1, -0.05) is 71.1 Å². The van der Waals surface area contributed by atoms with Crippen molar-refractivity contribution in [1.82, 2.24) is 0 Å². The second-order valence-electron chi connectivity index (χ2n) is 5.64. The fourth-order valence-corrected chi connectivity index (χ4v) is 2.55. The summed E-state index contributed by atoms with van der Waals surface area (Å²) in [4.78, 5) is 10.7. The smallest absolute Gasteiger partial charge is 0.0417 e. The molecule has 3 nitrogen and oxygen atoms in total. The molecule has 0 aromatic heterocycles. The van der Waals surface area contributed by atoms with Crippen LogP contribution in [0.25, 0.3) is 0 Å². The highest BCUT2D eigenvalue weighted by Gasteiger charge is 2.08. The maximum absolute atomic E-state index is 10.7. The maximum atomic E-state index is 10.7. The summed E-state index contributed by atoms with van der Waals surface area (Å²) in [5.74, 6) is -0.604. The van der Waals surface area contributed by atoms with Gasteiger partial charge in [0, 0.05) is 5.97 Å². The maximum Gasteiger partial charge on any atom is 0.0417 e. The average Bonchev–Trinajstić information content (AvgIpc) is 2.37. The molecule has 3 heteroatoms. The molecule has 0 saturated carbocycles. The van der Waals surface area contributed by atoms with Crippen molar-refractivity contribution in [1.29, 1.82) is 0 Å². The van der Waals surface area contributed by atoms with Gasteiger partial charge in [0.1, 0.15) is 0 Å². The third kappa shape index (κ3) is 13.7. The predicted molar refractivity (Wildman–Crippen MR) is 78.6 cm³/mol. The standard InChI is InChI=1S/C16H33NO2/c1-2-3-4-5-6-7-8-11-15(14-16(18)19)12-9-10-13-17/h15H,2-14,17H2,1H3,(H,18,19)/p-1. The van der Waals surface area contributed by atoms with Gasteiger partial charge in [0.25, 0.3) is 0 Å². The normalized spacial score (nSPS) is 12.5. The van der Waals surface area contributed by atoms with Gasteiger partial charge < -0.3 is 15.6 Å². The van der Waals surface area contributed by atoms with E-state index in [2.05, 4.69) is 6.92 Å². The van der Waals surface area contributed by atoms with E-state index in [4.69, 9.17) is 5.73 Å². The first-order valence-corrected chi connectivity index (χ1v) is 8.10. The lowest BCUT2D eigenvalue weighted by molar-refractivity contribution is -0.306. The number of carboxylic acids is 1. The minimum Gasteiger partial charge on any atom is -0.550 e. The summed E-state index contributed by atoms with van der Waals surface area (Å²) in [5, 5.41) is 10.7. The summed E-state index contributed by atoms with van der Waals surface area (Å²) >= 11 is 0. The molecular weight excluding hydrogens is 238 g/mol. The van der Waals surface area contributed by atoms with E-state index < -0.39 is 5.97 Å². The molecule has 0 aliphatic carbocycles. The molecule has 1 unspecified atom stereocenters. The van der Waals surface area contributed by atoms with E-state index in [-0.39, 0.29) is 6.42 Å². The second kappa shape index (κ2) is 13.9. The first kappa shape index (κ1) is 18.4. The zero-order chi connectivity index (χ0) is 14.3. The number of carboxylic acid groups (broad SMARTS) is 1. The number of aliphatic carboxylic acids is 1. The summed E-state index contributed by atoms with van der Waals surface area (Å²) < 4.78 is 0. The van der Waals surface area contributed by atoms with Crippen LogP contribution in [0.4, 0.5) is 0 Å². The van der Waals surface area contributed by atoms with E-state index in [1.807, 2.05) is 0 Å². The van der Waals surface area contributed by atoms with Gasteiger partial charge in [0.05, 0.1) is 0 Å². The minimum atomic E-state index is -0.902. The van der Waals surface area contributed by atoms with Gasteiger partial charge in [-0.25, -0.2) is 0 Å². The van der Waals surface area contributed by atoms with Gasteiger partial charge in [-0.3, -0.25) is 0 Å². The average molecular weight is 270 g/mol. The van der Waals surface area contributed by atoms with E-state index in [1.165, 1.54) is 38.5 Å². The number of unbranched alkanes of at least 4 members (excludes halogenated alkanes) is 7. The Kier molecular flexibility index (Phi) is 13.4. The third-order valence-electron chi connectivity index (χ3n) is 3.74. The summed E-state index contributed by atoms with van der Waals surface area (Å²) in [6, 6.07) is 0. The van der Waals surface area contributed by atoms with Crippen LogP contribution < -0.4 is 10.8 Å². The van der Waals surface area contributed by atoms with Gasteiger partial charge in [-0.05, 0) is 25.3 Å². The Morgan fingerprint density at radius 1 is 0.947 bits per heavy atom.